The number of benzene rings is 2. The SMILES string of the molecule is Bc1ccc(N(C(=O)OC(C)(C)C)c2nc(-c3ccc(-n4ccnc4)cc3)cs2)cc1. The largest absolute Gasteiger partial charge is 0.443 e. The molecular formula is C23H23BN4O2S. The summed E-state index contributed by atoms with van der Waals surface area (Å²) in [7, 11) is 2.01. The molecule has 31 heavy (non-hydrogen) atoms. The van der Waals surface area contributed by atoms with Crippen molar-refractivity contribution in [3.8, 4) is 16.9 Å². The van der Waals surface area contributed by atoms with E-state index < -0.39 is 11.7 Å². The molecule has 2 heterocycles. The van der Waals surface area contributed by atoms with Crippen molar-refractivity contribution in [3.05, 3.63) is 72.6 Å². The standard InChI is InChI=1S/C23H23BN4O2S/c1-23(2,3)30-22(29)28(19-10-6-17(24)7-11-19)21-26-20(14-31-21)16-4-8-18(9-5-16)27-13-12-25-15-27/h4-15H,24H2,1-3H3. The van der Waals surface area contributed by atoms with Crippen LogP contribution in [-0.4, -0.2) is 34.1 Å². The number of thiazole rings is 1. The number of carbonyl (C=O) groups excluding carboxylic acids is 1. The first-order valence-corrected chi connectivity index (χ1v) is 10.8. The zero-order valence-electron chi connectivity index (χ0n) is 17.9. The van der Waals surface area contributed by atoms with Crippen LogP contribution in [0.4, 0.5) is 15.6 Å². The smallest absolute Gasteiger partial charge is 0.421 e. The molecule has 0 radical (unpaired) electrons. The second-order valence-electron chi connectivity index (χ2n) is 8.18. The van der Waals surface area contributed by atoms with Gasteiger partial charge in [0.05, 0.1) is 17.7 Å². The maximum absolute atomic E-state index is 13.0. The van der Waals surface area contributed by atoms with Gasteiger partial charge in [-0.15, -0.1) is 11.3 Å². The molecule has 6 nitrogen and oxygen atoms in total. The number of carbonyl (C=O) groups is 1. The third-order valence-corrected chi connectivity index (χ3v) is 5.34. The van der Waals surface area contributed by atoms with E-state index in [1.165, 1.54) is 16.2 Å². The van der Waals surface area contributed by atoms with Gasteiger partial charge in [0.25, 0.3) is 0 Å². The minimum Gasteiger partial charge on any atom is -0.443 e. The molecule has 0 N–H and O–H groups in total. The molecule has 8 heteroatoms. The van der Waals surface area contributed by atoms with E-state index in [9.17, 15) is 4.79 Å². The van der Waals surface area contributed by atoms with E-state index in [4.69, 9.17) is 9.72 Å². The minimum absolute atomic E-state index is 0.451. The van der Waals surface area contributed by atoms with Crippen LogP contribution in [0.1, 0.15) is 20.8 Å². The van der Waals surface area contributed by atoms with E-state index in [0.717, 1.165) is 28.1 Å². The molecule has 4 rings (SSSR count). The van der Waals surface area contributed by atoms with E-state index in [0.29, 0.717) is 5.13 Å². The fourth-order valence-electron chi connectivity index (χ4n) is 3.01. The van der Waals surface area contributed by atoms with Crippen LogP contribution in [0, 0.1) is 0 Å². The van der Waals surface area contributed by atoms with Gasteiger partial charge >= 0.3 is 6.09 Å². The summed E-state index contributed by atoms with van der Waals surface area (Å²) >= 11 is 1.41. The number of aromatic nitrogens is 3. The summed E-state index contributed by atoms with van der Waals surface area (Å²) in [4.78, 5) is 23.4. The number of anilines is 2. The molecule has 0 saturated carbocycles. The van der Waals surface area contributed by atoms with Crippen LogP contribution in [0.5, 0.6) is 0 Å². The summed E-state index contributed by atoms with van der Waals surface area (Å²) in [6.07, 6.45) is 4.95. The zero-order chi connectivity index (χ0) is 22.0. The summed E-state index contributed by atoms with van der Waals surface area (Å²) in [5.74, 6) is 0. The molecule has 156 valence electrons. The number of rotatable bonds is 4. The molecule has 0 spiro atoms. The van der Waals surface area contributed by atoms with Crippen LogP contribution in [0.15, 0.2) is 72.6 Å². The Balaban J connectivity index is 1.65. The third kappa shape index (κ3) is 4.86. The van der Waals surface area contributed by atoms with Crippen LogP contribution < -0.4 is 10.4 Å². The molecule has 0 atom stereocenters. The van der Waals surface area contributed by atoms with Crippen molar-refractivity contribution in [3.63, 3.8) is 0 Å². The van der Waals surface area contributed by atoms with E-state index in [1.54, 1.807) is 12.5 Å². The molecule has 0 saturated heterocycles. The average Bonchev–Trinajstić information content (AvgIpc) is 3.41. The molecule has 0 unspecified atom stereocenters. The van der Waals surface area contributed by atoms with Gasteiger partial charge in [0.2, 0.25) is 0 Å². The van der Waals surface area contributed by atoms with Crippen LogP contribution >= 0.6 is 11.3 Å². The molecule has 0 fully saturated rings. The predicted molar refractivity (Wildman–Crippen MR) is 128 cm³/mol. The summed E-state index contributed by atoms with van der Waals surface area (Å²) in [5.41, 5.74) is 4.02. The van der Waals surface area contributed by atoms with Gasteiger partial charge in [-0.2, -0.15) is 0 Å². The second-order valence-corrected chi connectivity index (χ2v) is 9.02. The van der Waals surface area contributed by atoms with Crippen LogP contribution in [-0.2, 0) is 4.74 Å². The fourth-order valence-corrected chi connectivity index (χ4v) is 3.85. The fraction of sp³-hybridized carbons (Fsp3) is 0.174. The van der Waals surface area contributed by atoms with Crippen molar-refractivity contribution in [1.29, 1.82) is 0 Å². The molecule has 0 aliphatic heterocycles. The molecule has 4 aromatic rings. The second kappa shape index (κ2) is 8.39. The summed E-state index contributed by atoms with van der Waals surface area (Å²) in [6, 6.07) is 15.8. The molecule has 2 aromatic carbocycles. The quantitative estimate of drug-likeness (QED) is 0.453. The normalized spacial score (nSPS) is 11.3. The number of hydrogen-bond donors (Lipinski definition) is 0. The Hall–Kier alpha value is -3.39. The Morgan fingerprint density at radius 1 is 1.10 bits per heavy atom. The van der Waals surface area contributed by atoms with Crippen LogP contribution in [0.25, 0.3) is 16.9 Å². The molecule has 2 aromatic heterocycles. The number of hydrogen-bond acceptors (Lipinski definition) is 5. The average molecular weight is 430 g/mol. The maximum Gasteiger partial charge on any atom is 0.421 e. The first-order chi connectivity index (χ1) is 14.8. The zero-order valence-corrected chi connectivity index (χ0v) is 18.8. The Morgan fingerprint density at radius 2 is 1.81 bits per heavy atom. The Morgan fingerprint density at radius 3 is 2.42 bits per heavy atom. The van der Waals surface area contributed by atoms with Gasteiger partial charge < -0.3 is 9.30 Å². The lowest BCUT2D eigenvalue weighted by Crippen LogP contribution is -2.34. The molecule has 0 aliphatic carbocycles. The van der Waals surface area contributed by atoms with Gasteiger partial charge in [0, 0.05) is 29.0 Å². The van der Waals surface area contributed by atoms with E-state index in [1.807, 2.05) is 93.3 Å². The first-order valence-electron chi connectivity index (χ1n) is 9.94. The van der Waals surface area contributed by atoms with Crippen molar-refractivity contribution in [2.75, 3.05) is 4.90 Å². The van der Waals surface area contributed by atoms with Crippen molar-refractivity contribution in [2.24, 2.45) is 0 Å². The summed E-state index contributed by atoms with van der Waals surface area (Å²) in [6.45, 7) is 5.56. The van der Waals surface area contributed by atoms with Gasteiger partial charge in [0.1, 0.15) is 13.4 Å². The topological polar surface area (TPSA) is 60.3 Å². The lowest BCUT2D eigenvalue weighted by molar-refractivity contribution is 0.0599. The lowest BCUT2D eigenvalue weighted by atomic mass is 9.96. The highest BCUT2D eigenvalue weighted by molar-refractivity contribution is 7.14. The number of amides is 1. The van der Waals surface area contributed by atoms with E-state index in [2.05, 4.69) is 4.98 Å². The third-order valence-electron chi connectivity index (χ3n) is 4.52. The summed E-state index contributed by atoms with van der Waals surface area (Å²) in [5, 5.41) is 2.51. The highest BCUT2D eigenvalue weighted by Crippen LogP contribution is 2.33. The van der Waals surface area contributed by atoms with Crippen LogP contribution in [0.3, 0.4) is 0 Å². The number of nitrogens with zero attached hydrogens (tertiary/aromatic N) is 4. The lowest BCUT2D eigenvalue weighted by Gasteiger charge is -2.26. The Labute approximate surface area is 186 Å². The van der Waals surface area contributed by atoms with Gasteiger partial charge in [-0.1, -0.05) is 29.7 Å². The Kier molecular flexibility index (Phi) is 5.65. The summed E-state index contributed by atoms with van der Waals surface area (Å²) < 4.78 is 7.60. The predicted octanol–water partition coefficient (Wildman–Crippen LogP) is 4.33. The van der Waals surface area contributed by atoms with Crippen molar-refractivity contribution in [1.82, 2.24) is 14.5 Å². The molecule has 0 bridgehead atoms. The van der Waals surface area contributed by atoms with Gasteiger partial charge in [-0.3, -0.25) is 0 Å². The number of ether oxygens (including phenoxy) is 1. The monoisotopic (exact) mass is 430 g/mol. The number of imidazole rings is 1. The first kappa shape index (κ1) is 20.9. The minimum atomic E-state index is -0.608. The highest BCUT2D eigenvalue weighted by atomic mass is 32.1. The maximum atomic E-state index is 13.0. The van der Waals surface area contributed by atoms with Crippen molar-refractivity contribution in [2.45, 2.75) is 26.4 Å². The highest BCUT2D eigenvalue weighted by Gasteiger charge is 2.27. The van der Waals surface area contributed by atoms with Gasteiger partial charge in [0.15, 0.2) is 5.13 Å². The van der Waals surface area contributed by atoms with E-state index in [-0.39, 0.29) is 0 Å². The molecular weight excluding hydrogens is 407 g/mol. The van der Waals surface area contributed by atoms with Gasteiger partial charge in [-0.25, -0.2) is 19.7 Å². The van der Waals surface area contributed by atoms with Crippen molar-refractivity contribution < 1.29 is 9.53 Å². The van der Waals surface area contributed by atoms with Crippen LogP contribution in [0.2, 0.25) is 0 Å². The van der Waals surface area contributed by atoms with E-state index >= 15 is 0 Å². The molecule has 0 aliphatic rings. The Bertz CT molecular complexity index is 1160. The van der Waals surface area contributed by atoms with Crippen molar-refractivity contribution >= 4 is 41.6 Å². The van der Waals surface area contributed by atoms with Gasteiger partial charge in [-0.05, 0) is 45.0 Å². The molecule has 1 amide bonds.